The SMILES string of the molecule is COc1cc(NC(=O)c2cc(-c3ccccc3)n[nH]2)ccc1N1CCCC1=O. The molecule has 2 amide bonds. The number of aromatic nitrogens is 2. The van der Waals surface area contributed by atoms with Gasteiger partial charge in [-0.15, -0.1) is 0 Å². The molecule has 2 heterocycles. The lowest BCUT2D eigenvalue weighted by Gasteiger charge is -2.19. The first kappa shape index (κ1) is 17.8. The molecule has 1 fully saturated rings. The quantitative estimate of drug-likeness (QED) is 0.714. The summed E-state index contributed by atoms with van der Waals surface area (Å²) in [6.45, 7) is 0.678. The van der Waals surface area contributed by atoms with Crippen molar-refractivity contribution in [1.29, 1.82) is 0 Å². The minimum Gasteiger partial charge on any atom is -0.494 e. The molecule has 4 rings (SSSR count). The van der Waals surface area contributed by atoms with Gasteiger partial charge < -0.3 is 15.0 Å². The zero-order chi connectivity index (χ0) is 19.5. The van der Waals surface area contributed by atoms with Gasteiger partial charge in [-0.25, -0.2) is 0 Å². The van der Waals surface area contributed by atoms with E-state index in [9.17, 15) is 9.59 Å². The average molecular weight is 376 g/mol. The van der Waals surface area contributed by atoms with E-state index < -0.39 is 0 Å². The molecule has 7 nitrogen and oxygen atoms in total. The molecule has 0 unspecified atom stereocenters. The van der Waals surface area contributed by atoms with Crippen LogP contribution in [0.25, 0.3) is 11.3 Å². The van der Waals surface area contributed by atoms with Crippen LogP contribution < -0.4 is 15.0 Å². The molecule has 2 aromatic carbocycles. The van der Waals surface area contributed by atoms with Gasteiger partial charge in [-0.2, -0.15) is 5.10 Å². The predicted octanol–water partition coefficient (Wildman–Crippen LogP) is 3.46. The maximum Gasteiger partial charge on any atom is 0.273 e. The fourth-order valence-corrected chi connectivity index (χ4v) is 3.27. The second-order valence-electron chi connectivity index (χ2n) is 6.52. The largest absolute Gasteiger partial charge is 0.494 e. The summed E-state index contributed by atoms with van der Waals surface area (Å²) in [7, 11) is 1.55. The Bertz CT molecular complexity index is 1010. The van der Waals surface area contributed by atoms with Gasteiger partial charge in [0.15, 0.2) is 0 Å². The molecular weight excluding hydrogens is 356 g/mol. The normalized spacial score (nSPS) is 13.6. The Morgan fingerprint density at radius 2 is 2.00 bits per heavy atom. The molecule has 7 heteroatoms. The van der Waals surface area contributed by atoms with Crippen molar-refractivity contribution in [2.24, 2.45) is 0 Å². The van der Waals surface area contributed by atoms with Crippen LogP contribution in [0.1, 0.15) is 23.3 Å². The highest BCUT2D eigenvalue weighted by atomic mass is 16.5. The number of hydrogen-bond donors (Lipinski definition) is 2. The van der Waals surface area contributed by atoms with E-state index >= 15 is 0 Å². The lowest BCUT2D eigenvalue weighted by Crippen LogP contribution is -2.24. The summed E-state index contributed by atoms with van der Waals surface area (Å²) < 4.78 is 5.43. The van der Waals surface area contributed by atoms with Gasteiger partial charge in [0.05, 0.1) is 18.5 Å². The monoisotopic (exact) mass is 376 g/mol. The van der Waals surface area contributed by atoms with E-state index in [0.717, 1.165) is 17.7 Å². The van der Waals surface area contributed by atoms with Gasteiger partial charge >= 0.3 is 0 Å². The number of carbonyl (C=O) groups is 2. The zero-order valence-electron chi connectivity index (χ0n) is 15.4. The predicted molar refractivity (Wildman–Crippen MR) is 107 cm³/mol. The van der Waals surface area contributed by atoms with Gasteiger partial charge in [0.1, 0.15) is 11.4 Å². The van der Waals surface area contributed by atoms with Crippen LogP contribution in [0.4, 0.5) is 11.4 Å². The first-order valence-corrected chi connectivity index (χ1v) is 9.06. The molecule has 1 aromatic heterocycles. The number of H-pyrrole nitrogens is 1. The molecule has 1 saturated heterocycles. The number of anilines is 2. The number of nitrogens with zero attached hydrogens (tertiary/aromatic N) is 2. The van der Waals surface area contributed by atoms with Crippen LogP contribution in [0.5, 0.6) is 5.75 Å². The van der Waals surface area contributed by atoms with Crippen LogP contribution in [0, 0.1) is 0 Å². The van der Waals surface area contributed by atoms with Crippen LogP contribution in [0.3, 0.4) is 0 Å². The number of hydrogen-bond acceptors (Lipinski definition) is 4. The average Bonchev–Trinajstić information content (AvgIpc) is 3.38. The third-order valence-corrected chi connectivity index (χ3v) is 4.69. The number of rotatable bonds is 5. The molecule has 28 heavy (non-hydrogen) atoms. The fourth-order valence-electron chi connectivity index (χ4n) is 3.27. The highest BCUT2D eigenvalue weighted by molar-refractivity contribution is 6.04. The second kappa shape index (κ2) is 7.56. The Balaban J connectivity index is 1.52. The van der Waals surface area contributed by atoms with Gasteiger partial charge in [-0.3, -0.25) is 14.7 Å². The van der Waals surface area contributed by atoms with Crippen LogP contribution in [0.2, 0.25) is 0 Å². The van der Waals surface area contributed by atoms with Crippen molar-refractivity contribution in [3.05, 3.63) is 60.3 Å². The van der Waals surface area contributed by atoms with Crippen molar-refractivity contribution in [3.8, 4) is 17.0 Å². The summed E-state index contributed by atoms with van der Waals surface area (Å²) in [5.74, 6) is 0.324. The molecule has 0 aliphatic carbocycles. The van der Waals surface area contributed by atoms with Gasteiger partial charge in [0.2, 0.25) is 5.91 Å². The minimum atomic E-state index is -0.304. The smallest absolute Gasteiger partial charge is 0.273 e. The van der Waals surface area contributed by atoms with E-state index in [-0.39, 0.29) is 11.8 Å². The summed E-state index contributed by atoms with van der Waals surface area (Å²) in [6, 6.07) is 16.6. The lowest BCUT2D eigenvalue weighted by molar-refractivity contribution is -0.117. The Hall–Kier alpha value is -3.61. The summed E-state index contributed by atoms with van der Waals surface area (Å²) >= 11 is 0. The highest BCUT2D eigenvalue weighted by Crippen LogP contribution is 2.34. The fraction of sp³-hybridized carbons (Fsp3) is 0.190. The molecule has 0 radical (unpaired) electrons. The maximum absolute atomic E-state index is 12.6. The van der Waals surface area contributed by atoms with Crippen LogP contribution >= 0.6 is 0 Å². The molecule has 0 spiro atoms. The van der Waals surface area contributed by atoms with E-state index in [1.165, 1.54) is 0 Å². The summed E-state index contributed by atoms with van der Waals surface area (Å²) in [5.41, 5.74) is 3.28. The Morgan fingerprint density at radius 1 is 1.18 bits per heavy atom. The highest BCUT2D eigenvalue weighted by Gasteiger charge is 2.24. The van der Waals surface area contributed by atoms with Crippen molar-refractivity contribution in [2.75, 3.05) is 23.9 Å². The summed E-state index contributed by atoms with van der Waals surface area (Å²) in [4.78, 5) is 26.3. The van der Waals surface area contributed by atoms with Gasteiger partial charge in [-0.05, 0) is 24.6 Å². The van der Waals surface area contributed by atoms with E-state index in [2.05, 4.69) is 15.5 Å². The molecule has 1 aliphatic rings. The first-order valence-electron chi connectivity index (χ1n) is 9.06. The minimum absolute atomic E-state index is 0.0842. The van der Waals surface area contributed by atoms with E-state index in [4.69, 9.17) is 4.74 Å². The topological polar surface area (TPSA) is 87.3 Å². The molecule has 1 aliphatic heterocycles. The van der Waals surface area contributed by atoms with Crippen LogP contribution in [-0.4, -0.2) is 35.7 Å². The molecular formula is C21H20N4O3. The van der Waals surface area contributed by atoms with Gasteiger partial charge in [0.25, 0.3) is 5.91 Å². The maximum atomic E-state index is 12.6. The number of ether oxygens (including phenoxy) is 1. The molecule has 0 atom stereocenters. The third-order valence-electron chi connectivity index (χ3n) is 4.69. The first-order chi connectivity index (χ1) is 13.7. The molecule has 0 bridgehead atoms. The zero-order valence-corrected chi connectivity index (χ0v) is 15.4. The van der Waals surface area contributed by atoms with Gasteiger partial charge in [0, 0.05) is 30.3 Å². The molecule has 2 N–H and O–H groups in total. The number of carbonyl (C=O) groups excluding carboxylic acids is 2. The number of aromatic amines is 1. The number of methoxy groups -OCH3 is 1. The lowest BCUT2D eigenvalue weighted by atomic mass is 10.1. The third kappa shape index (κ3) is 3.46. The van der Waals surface area contributed by atoms with E-state index in [1.807, 2.05) is 30.3 Å². The molecule has 0 saturated carbocycles. The Labute approximate surface area is 162 Å². The van der Waals surface area contributed by atoms with Crippen molar-refractivity contribution in [3.63, 3.8) is 0 Å². The van der Waals surface area contributed by atoms with Crippen molar-refractivity contribution in [2.45, 2.75) is 12.8 Å². The summed E-state index contributed by atoms with van der Waals surface area (Å²) in [5, 5.41) is 9.80. The van der Waals surface area contributed by atoms with E-state index in [1.54, 1.807) is 36.3 Å². The number of amides is 2. The van der Waals surface area contributed by atoms with Crippen molar-refractivity contribution < 1.29 is 14.3 Å². The standard InChI is InChI=1S/C21H20N4O3/c1-28-19-12-15(9-10-18(19)25-11-5-8-20(25)26)22-21(27)17-13-16(23-24-17)14-6-3-2-4-7-14/h2-4,6-7,9-10,12-13H,5,8,11H2,1H3,(H,22,27)(H,23,24). The molecule has 3 aromatic rings. The van der Waals surface area contributed by atoms with E-state index in [0.29, 0.717) is 35.8 Å². The van der Waals surface area contributed by atoms with Gasteiger partial charge in [-0.1, -0.05) is 30.3 Å². The Morgan fingerprint density at radius 3 is 2.71 bits per heavy atom. The molecule has 142 valence electrons. The van der Waals surface area contributed by atoms with Crippen molar-refractivity contribution >= 4 is 23.2 Å². The Kier molecular flexibility index (Phi) is 4.80. The number of benzene rings is 2. The van der Waals surface area contributed by atoms with Crippen LogP contribution in [0.15, 0.2) is 54.6 Å². The number of nitrogens with one attached hydrogen (secondary N) is 2. The van der Waals surface area contributed by atoms with Crippen LogP contribution in [-0.2, 0) is 4.79 Å². The summed E-state index contributed by atoms with van der Waals surface area (Å²) in [6.07, 6.45) is 1.38. The van der Waals surface area contributed by atoms with Crippen molar-refractivity contribution in [1.82, 2.24) is 10.2 Å². The second-order valence-corrected chi connectivity index (χ2v) is 6.52.